The molecule has 2 bridgehead atoms. The van der Waals surface area contributed by atoms with Gasteiger partial charge in [0.25, 0.3) is 0 Å². The lowest BCUT2D eigenvalue weighted by Gasteiger charge is -2.49. The zero-order valence-corrected chi connectivity index (χ0v) is 17.9. The molecule has 5 heteroatoms. The number of allylic oxidation sites excluding steroid dienone is 2. The number of carbonyl (C=O) groups excluding carboxylic acids is 2. The highest BCUT2D eigenvalue weighted by molar-refractivity contribution is 5.70. The molecular weight excluding hydrogens is 378 g/mol. The maximum Gasteiger partial charge on any atom is 0.308 e. The second kappa shape index (κ2) is 7.38. The molecule has 2 aliphatic heterocycles. The van der Waals surface area contributed by atoms with E-state index in [1.165, 1.54) is 43.4 Å². The fourth-order valence-corrected chi connectivity index (χ4v) is 5.75. The molecule has 2 fully saturated rings. The predicted octanol–water partition coefficient (Wildman–Crippen LogP) is 4.13. The fourth-order valence-electron chi connectivity index (χ4n) is 5.75. The van der Waals surface area contributed by atoms with Crippen LogP contribution in [0, 0.1) is 11.8 Å². The van der Waals surface area contributed by atoms with Crippen molar-refractivity contribution in [1.82, 2.24) is 4.90 Å². The third-order valence-corrected chi connectivity index (χ3v) is 7.14. The van der Waals surface area contributed by atoms with Crippen LogP contribution in [0.2, 0.25) is 0 Å². The SMILES string of the molecule is CC(=O)OC1=CC[C@@H]2C(=C1)[C@@H]1c3cc(OC(C)=O)ccc3C[C@@H]2N(CC2CC2)[C@@H]1C. The summed E-state index contributed by atoms with van der Waals surface area (Å²) in [5.74, 6) is 2.15. The van der Waals surface area contributed by atoms with Gasteiger partial charge in [0.2, 0.25) is 0 Å². The first-order valence-corrected chi connectivity index (χ1v) is 11.1. The smallest absolute Gasteiger partial charge is 0.308 e. The third kappa shape index (κ3) is 3.49. The molecular formula is C25H29NO4. The van der Waals surface area contributed by atoms with E-state index < -0.39 is 0 Å². The Morgan fingerprint density at radius 2 is 1.90 bits per heavy atom. The monoisotopic (exact) mass is 407 g/mol. The Labute approximate surface area is 177 Å². The van der Waals surface area contributed by atoms with Gasteiger partial charge in [-0.05, 0) is 73.9 Å². The molecule has 0 N–H and O–H groups in total. The highest BCUT2D eigenvalue weighted by Crippen LogP contribution is 2.52. The highest BCUT2D eigenvalue weighted by atomic mass is 16.5. The quantitative estimate of drug-likeness (QED) is 0.555. The van der Waals surface area contributed by atoms with E-state index in [0.29, 0.717) is 29.5 Å². The Morgan fingerprint density at radius 1 is 1.13 bits per heavy atom. The van der Waals surface area contributed by atoms with Gasteiger partial charge in [-0.2, -0.15) is 0 Å². The van der Waals surface area contributed by atoms with Crippen molar-refractivity contribution in [2.45, 2.75) is 64.5 Å². The Hall–Kier alpha value is -2.40. The van der Waals surface area contributed by atoms with Gasteiger partial charge in [0.1, 0.15) is 11.5 Å². The van der Waals surface area contributed by atoms with Crippen molar-refractivity contribution in [1.29, 1.82) is 0 Å². The Kier molecular flexibility index (Phi) is 4.81. The van der Waals surface area contributed by atoms with Gasteiger partial charge < -0.3 is 9.47 Å². The summed E-state index contributed by atoms with van der Waals surface area (Å²) in [6.07, 6.45) is 8.76. The molecule has 5 nitrogen and oxygen atoms in total. The summed E-state index contributed by atoms with van der Waals surface area (Å²) in [5.41, 5.74) is 3.95. The van der Waals surface area contributed by atoms with Crippen LogP contribution in [0.4, 0.5) is 0 Å². The first kappa shape index (κ1) is 19.6. The van der Waals surface area contributed by atoms with Gasteiger partial charge in [-0.1, -0.05) is 11.6 Å². The summed E-state index contributed by atoms with van der Waals surface area (Å²) in [7, 11) is 0. The van der Waals surface area contributed by atoms with Gasteiger partial charge in [-0.3, -0.25) is 14.5 Å². The number of esters is 2. The molecule has 6 rings (SSSR count). The van der Waals surface area contributed by atoms with Gasteiger partial charge in [0.15, 0.2) is 0 Å². The second-order valence-corrected chi connectivity index (χ2v) is 9.27. The van der Waals surface area contributed by atoms with E-state index >= 15 is 0 Å². The summed E-state index contributed by atoms with van der Waals surface area (Å²) in [4.78, 5) is 25.8. The number of fused-ring (bicyclic) bond motifs is 1. The van der Waals surface area contributed by atoms with Gasteiger partial charge in [-0.15, -0.1) is 0 Å². The summed E-state index contributed by atoms with van der Waals surface area (Å²) in [6.45, 7) is 6.38. The maximum atomic E-state index is 11.5. The topological polar surface area (TPSA) is 55.8 Å². The second-order valence-electron chi connectivity index (χ2n) is 9.27. The Morgan fingerprint density at radius 3 is 2.60 bits per heavy atom. The number of hydrogen-bond donors (Lipinski definition) is 0. The number of benzene rings is 1. The molecule has 4 atom stereocenters. The average Bonchev–Trinajstić information content (AvgIpc) is 3.50. The van der Waals surface area contributed by atoms with E-state index in [1.807, 2.05) is 6.07 Å². The van der Waals surface area contributed by atoms with Crippen LogP contribution in [-0.2, 0) is 20.7 Å². The van der Waals surface area contributed by atoms with Gasteiger partial charge in [0, 0.05) is 44.3 Å². The molecule has 0 unspecified atom stereocenters. The number of hydrogen-bond acceptors (Lipinski definition) is 5. The van der Waals surface area contributed by atoms with E-state index in [4.69, 9.17) is 9.47 Å². The van der Waals surface area contributed by atoms with Crippen molar-refractivity contribution in [3.8, 4) is 5.75 Å². The van der Waals surface area contributed by atoms with E-state index in [2.05, 4.69) is 36.1 Å². The van der Waals surface area contributed by atoms with Crippen LogP contribution >= 0.6 is 0 Å². The summed E-state index contributed by atoms with van der Waals surface area (Å²) in [6, 6.07) is 6.91. The molecule has 0 spiro atoms. The lowest BCUT2D eigenvalue weighted by molar-refractivity contribution is -0.136. The molecule has 5 aliphatic rings. The van der Waals surface area contributed by atoms with Crippen LogP contribution in [-0.4, -0.2) is 35.5 Å². The van der Waals surface area contributed by atoms with E-state index in [1.54, 1.807) is 0 Å². The van der Waals surface area contributed by atoms with Crippen LogP contribution in [0.1, 0.15) is 57.1 Å². The molecule has 0 radical (unpaired) electrons. The largest absolute Gasteiger partial charge is 0.427 e. The number of piperidine rings is 1. The minimum atomic E-state index is -0.300. The minimum absolute atomic E-state index is 0.206. The molecule has 3 aliphatic carbocycles. The average molecular weight is 408 g/mol. The molecule has 1 saturated carbocycles. The standard InChI is InChI=1S/C25H29NO4/c1-14-25-22-11-19(29-15(2)27)7-6-18(22)10-24(26(14)13-17-4-5-17)21-9-8-20(12-23(21)25)30-16(3)28/h6-8,11-12,14,17,21,24-25H,4-5,9-10,13H2,1-3H3/t14-,21-,24+,25+/m1/s1. The number of ether oxygens (including phenoxy) is 2. The Bertz CT molecular complexity index is 958. The molecule has 0 amide bonds. The third-order valence-electron chi connectivity index (χ3n) is 7.14. The predicted molar refractivity (Wildman–Crippen MR) is 113 cm³/mol. The first-order chi connectivity index (χ1) is 14.4. The van der Waals surface area contributed by atoms with Crippen molar-refractivity contribution in [2.24, 2.45) is 11.8 Å². The summed E-state index contributed by atoms with van der Waals surface area (Å²) in [5, 5.41) is 0. The zero-order chi connectivity index (χ0) is 21.0. The molecule has 1 aromatic rings. The van der Waals surface area contributed by atoms with Crippen LogP contribution in [0.3, 0.4) is 0 Å². The van der Waals surface area contributed by atoms with Crippen LogP contribution < -0.4 is 4.74 Å². The minimum Gasteiger partial charge on any atom is -0.427 e. The fraction of sp³-hybridized carbons (Fsp3) is 0.520. The van der Waals surface area contributed by atoms with Crippen molar-refractivity contribution in [3.63, 3.8) is 0 Å². The highest BCUT2D eigenvalue weighted by Gasteiger charge is 2.49. The lowest BCUT2D eigenvalue weighted by atomic mass is 9.71. The van der Waals surface area contributed by atoms with Crippen LogP contribution in [0.25, 0.3) is 0 Å². The number of nitrogens with zero attached hydrogens (tertiary/aromatic N) is 1. The molecule has 2 heterocycles. The van der Waals surface area contributed by atoms with Crippen LogP contribution in [0.5, 0.6) is 5.75 Å². The molecule has 1 saturated heterocycles. The van der Waals surface area contributed by atoms with Crippen LogP contribution in [0.15, 0.2) is 41.7 Å². The van der Waals surface area contributed by atoms with Crippen molar-refractivity contribution in [3.05, 3.63) is 52.8 Å². The van der Waals surface area contributed by atoms with Crippen molar-refractivity contribution in [2.75, 3.05) is 6.54 Å². The number of rotatable bonds is 4. The normalized spacial score (nSPS) is 29.8. The van der Waals surface area contributed by atoms with Gasteiger partial charge >= 0.3 is 11.9 Å². The molecule has 158 valence electrons. The summed E-state index contributed by atoms with van der Waals surface area (Å²) < 4.78 is 10.9. The zero-order valence-electron chi connectivity index (χ0n) is 17.9. The lowest BCUT2D eigenvalue weighted by Crippen LogP contribution is -2.54. The molecule has 1 aromatic carbocycles. The maximum absolute atomic E-state index is 11.5. The van der Waals surface area contributed by atoms with E-state index in [0.717, 1.165) is 25.3 Å². The summed E-state index contributed by atoms with van der Waals surface area (Å²) >= 11 is 0. The first-order valence-electron chi connectivity index (χ1n) is 11.1. The van der Waals surface area contributed by atoms with E-state index in [9.17, 15) is 9.59 Å². The van der Waals surface area contributed by atoms with E-state index in [-0.39, 0.29) is 17.9 Å². The molecule has 0 aromatic heterocycles. The van der Waals surface area contributed by atoms with Gasteiger partial charge in [-0.25, -0.2) is 0 Å². The van der Waals surface area contributed by atoms with Crippen molar-refractivity contribution >= 4 is 11.9 Å². The van der Waals surface area contributed by atoms with Gasteiger partial charge in [0.05, 0.1) is 0 Å². The number of carbonyl (C=O) groups is 2. The molecule has 30 heavy (non-hydrogen) atoms. The van der Waals surface area contributed by atoms with Crippen molar-refractivity contribution < 1.29 is 19.1 Å². The Balaban J connectivity index is 1.59.